The Morgan fingerprint density at radius 1 is 1.10 bits per heavy atom. The second kappa shape index (κ2) is 12.0. The first-order chi connectivity index (χ1) is 19.6. The number of halogens is 3. The van der Waals surface area contributed by atoms with Crippen molar-refractivity contribution in [1.82, 2.24) is 30.0 Å². The molecule has 0 radical (unpaired) electrons. The third kappa shape index (κ3) is 5.93. The summed E-state index contributed by atoms with van der Waals surface area (Å²) < 4.78 is 7.16. The van der Waals surface area contributed by atoms with E-state index in [0.29, 0.717) is 69.7 Å². The molecular formula is C28H30Cl3N7O3. The van der Waals surface area contributed by atoms with Crippen LogP contribution in [0.5, 0.6) is 0 Å². The molecule has 2 atom stereocenters. The third-order valence-corrected chi connectivity index (χ3v) is 8.03. The number of likely N-dealkylation sites (N-methyl/N-ethyl adjacent to an activating group) is 1. The number of hydrogen-bond acceptors (Lipinski definition) is 6. The van der Waals surface area contributed by atoms with Crippen molar-refractivity contribution in [2.45, 2.75) is 31.8 Å². The number of nitrogens with zero attached hydrogens (tertiary/aromatic N) is 5. The minimum Gasteiger partial charge on any atom is -0.378 e. The zero-order valence-electron chi connectivity index (χ0n) is 23.0. The summed E-state index contributed by atoms with van der Waals surface area (Å²) >= 11 is 19.1. The number of aromatic amines is 1. The molecule has 3 heterocycles. The molecule has 1 fully saturated rings. The van der Waals surface area contributed by atoms with Gasteiger partial charge in [0.25, 0.3) is 5.56 Å². The minimum absolute atomic E-state index is 0.0883. The van der Waals surface area contributed by atoms with E-state index in [4.69, 9.17) is 44.5 Å². The summed E-state index contributed by atoms with van der Waals surface area (Å²) in [6.45, 7) is 2.98. The molecule has 3 aliphatic rings. The number of aromatic nitrogens is 4. The lowest BCUT2D eigenvalue weighted by atomic mass is 10.1. The van der Waals surface area contributed by atoms with Gasteiger partial charge in [-0.25, -0.2) is 14.5 Å². The SMILES string of the molecule is CCc1[nH]n(-c2c(Cl)cc(Cl)cc2Cl)c2nc(Cc3ccc(N(C)C(=O)N[C@@H]4COC[C@H]4N(C)C)cc3)nc(=O)c1-2. The summed E-state index contributed by atoms with van der Waals surface area (Å²) in [5.74, 6) is 0.719. The number of urea groups is 1. The van der Waals surface area contributed by atoms with Crippen molar-refractivity contribution < 1.29 is 9.53 Å². The summed E-state index contributed by atoms with van der Waals surface area (Å²) in [6, 6.07) is 10.4. The minimum atomic E-state index is -0.391. The Balaban J connectivity index is 1.39. The van der Waals surface area contributed by atoms with Gasteiger partial charge in [-0.3, -0.25) is 14.8 Å². The van der Waals surface area contributed by atoms with Crippen LogP contribution in [0, 0.1) is 0 Å². The molecule has 0 spiro atoms. The molecule has 13 heteroatoms. The Bertz CT molecular complexity index is 1580. The number of anilines is 1. The Kier molecular flexibility index (Phi) is 8.58. The van der Waals surface area contributed by atoms with Gasteiger partial charge in [0.05, 0.1) is 35.3 Å². The molecule has 2 N–H and O–H groups in total. The molecule has 0 saturated carbocycles. The van der Waals surface area contributed by atoms with Crippen LogP contribution in [-0.4, -0.2) is 77.1 Å². The number of hydrogen-bond donors (Lipinski definition) is 2. The maximum atomic E-state index is 13.1. The van der Waals surface area contributed by atoms with Crippen LogP contribution in [0.4, 0.5) is 10.5 Å². The van der Waals surface area contributed by atoms with Gasteiger partial charge in [-0.1, -0.05) is 53.9 Å². The molecule has 0 aromatic heterocycles. The highest BCUT2D eigenvalue weighted by molar-refractivity contribution is 6.40. The predicted molar refractivity (Wildman–Crippen MR) is 161 cm³/mol. The van der Waals surface area contributed by atoms with Crippen molar-refractivity contribution >= 4 is 46.5 Å². The monoisotopic (exact) mass is 617 g/mol. The van der Waals surface area contributed by atoms with Crippen LogP contribution in [0.15, 0.2) is 41.2 Å². The lowest BCUT2D eigenvalue weighted by molar-refractivity contribution is 0.169. The van der Waals surface area contributed by atoms with Crippen molar-refractivity contribution in [2.75, 3.05) is 39.3 Å². The second-order valence-corrected chi connectivity index (χ2v) is 11.4. The predicted octanol–water partition coefficient (Wildman–Crippen LogP) is 4.65. The summed E-state index contributed by atoms with van der Waals surface area (Å²) in [4.78, 5) is 38.6. The van der Waals surface area contributed by atoms with Gasteiger partial charge in [-0.15, -0.1) is 0 Å². The van der Waals surface area contributed by atoms with Crippen molar-refractivity contribution in [2.24, 2.45) is 0 Å². The number of fused-ring (bicyclic) bond motifs is 1. The quantitative estimate of drug-likeness (QED) is 0.312. The standard InChI is InChI=1S/C28H30Cl3N7O3/c1-5-20-24-26(38(35-20)25-18(30)11-16(29)12-19(25)31)33-23(34-27(24)39)10-15-6-8-17(9-7-15)37(4)28(40)32-21-13-41-14-22(21)36(2)3/h6-9,11-12,21-22,35H,5,10,13-14H2,1-4H3,(H,32,40)/t21-,22-/m1/s1. The van der Waals surface area contributed by atoms with E-state index in [0.717, 1.165) is 11.3 Å². The van der Waals surface area contributed by atoms with Crippen LogP contribution in [0.3, 0.4) is 0 Å². The highest BCUT2D eigenvalue weighted by Gasteiger charge is 2.32. The van der Waals surface area contributed by atoms with E-state index in [9.17, 15) is 9.59 Å². The number of carbonyl (C=O) groups excluding carboxylic acids is 1. The number of rotatable bonds is 7. The lowest BCUT2D eigenvalue weighted by Crippen LogP contribution is -2.52. The number of carbonyl (C=O) groups is 1. The fourth-order valence-corrected chi connectivity index (χ4v) is 5.95. The largest absolute Gasteiger partial charge is 0.378 e. The molecule has 41 heavy (non-hydrogen) atoms. The van der Waals surface area contributed by atoms with E-state index < -0.39 is 5.56 Å². The molecule has 1 saturated heterocycles. The van der Waals surface area contributed by atoms with Gasteiger partial charge in [0.15, 0.2) is 5.82 Å². The van der Waals surface area contributed by atoms with Crippen LogP contribution < -0.4 is 15.8 Å². The van der Waals surface area contributed by atoms with Crippen molar-refractivity contribution in [3.63, 3.8) is 0 Å². The average Bonchev–Trinajstić information content (AvgIpc) is 3.53. The van der Waals surface area contributed by atoms with E-state index in [1.807, 2.05) is 45.3 Å². The number of ether oxygens (including phenoxy) is 1. The Hall–Kier alpha value is -3.15. The fourth-order valence-electron chi connectivity index (χ4n) is 4.97. The molecule has 216 valence electrons. The van der Waals surface area contributed by atoms with Crippen LogP contribution in [0.1, 0.15) is 24.0 Å². The summed E-state index contributed by atoms with van der Waals surface area (Å²) in [6.07, 6.45) is 0.858. The zero-order chi connectivity index (χ0) is 29.4. The fraction of sp³-hybridized carbons (Fsp3) is 0.357. The van der Waals surface area contributed by atoms with Gasteiger partial charge in [-0.2, -0.15) is 4.98 Å². The molecule has 0 aliphatic carbocycles. The Labute approximate surface area is 252 Å². The van der Waals surface area contributed by atoms with Crippen molar-refractivity contribution in [3.8, 4) is 17.1 Å². The summed E-state index contributed by atoms with van der Waals surface area (Å²) in [5, 5.41) is 7.28. The van der Waals surface area contributed by atoms with Crippen LogP contribution >= 0.6 is 34.8 Å². The van der Waals surface area contributed by atoms with E-state index in [2.05, 4.69) is 20.3 Å². The smallest absolute Gasteiger partial charge is 0.321 e. The molecule has 2 amide bonds. The number of H-pyrrole nitrogens is 1. The van der Waals surface area contributed by atoms with E-state index in [1.165, 1.54) is 0 Å². The number of benzene rings is 2. The maximum Gasteiger partial charge on any atom is 0.321 e. The van der Waals surface area contributed by atoms with E-state index >= 15 is 0 Å². The topological polar surface area (TPSA) is 108 Å². The van der Waals surface area contributed by atoms with Gasteiger partial charge >= 0.3 is 6.03 Å². The average molecular weight is 619 g/mol. The molecule has 10 nitrogen and oxygen atoms in total. The van der Waals surface area contributed by atoms with Gasteiger partial charge in [0, 0.05) is 29.9 Å². The molecule has 0 unspecified atom stereocenters. The zero-order valence-corrected chi connectivity index (χ0v) is 25.3. The number of nitrogens with one attached hydrogen (secondary N) is 2. The summed E-state index contributed by atoms with van der Waals surface area (Å²) in [5.41, 5.74) is 2.70. The number of aryl methyl sites for hydroxylation is 1. The molecule has 2 aromatic carbocycles. The van der Waals surface area contributed by atoms with Gasteiger partial charge in [-0.05, 0) is 50.3 Å². The second-order valence-electron chi connectivity index (χ2n) is 10.2. The van der Waals surface area contributed by atoms with Gasteiger partial charge in [0.1, 0.15) is 17.1 Å². The highest BCUT2D eigenvalue weighted by atomic mass is 35.5. The Morgan fingerprint density at radius 3 is 2.41 bits per heavy atom. The maximum absolute atomic E-state index is 13.1. The molecular weight excluding hydrogens is 589 g/mol. The van der Waals surface area contributed by atoms with Crippen LogP contribution in [0.2, 0.25) is 15.1 Å². The van der Waals surface area contributed by atoms with Gasteiger partial charge in [0.2, 0.25) is 0 Å². The van der Waals surface area contributed by atoms with Crippen LogP contribution in [0.25, 0.3) is 17.1 Å². The molecule has 0 bridgehead atoms. The lowest BCUT2D eigenvalue weighted by Gasteiger charge is -2.27. The number of amides is 2. The first-order valence-corrected chi connectivity index (χ1v) is 14.2. The molecule has 2 aromatic rings. The van der Waals surface area contributed by atoms with Crippen molar-refractivity contribution in [1.29, 1.82) is 0 Å². The van der Waals surface area contributed by atoms with E-state index in [1.54, 1.807) is 28.8 Å². The first-order valence-electron chi connectivity index (χ1n) is 13.1. The third-order valence-electron chi connectivity index (χ3n) is 7.24. The summed E-state index contributed by atoms with van der Waals surface area (Å²) in [7, 11) is 5.66. The van der Waals surface area contributed by atoms with Crippen molar-refractivity contribution in [3.05, 3.63) is 78.9 Å². The van der Waals surface area contributed by atoms with E-state index in [-0.39, 0.29) is 18.1 Å². The van der Waals surface area contributed by atoms with Crippen LogP contribution in [-0.2, 0) is 17.6 Å². The first kappa shape index (κ1) is 29.3. The highest BCUT2D eigenvalue weighted by Crippen LogP contribution is 2.35. The Morgan fingerprint density at radius 2 is 1.78 bits per heavy atom. The molecule has 5 rings (SSSR count). The van der Waals surface area contributed by atoms with Gasteiger partial charge < -0.3 is 15.0 Å². The molecule has 3 aliphatic heterocycles. The normalized spacial score (nSPS) is 17.0.